The van der Waals surface area contributed by atoms with E-state index in [1.165, 1.54) is 36.4 Å². The number of hydrogen-bond donors (Lipinski definition) is 0. The van der Waals surface area contributed by atoms with Gasteiger partial charge in [-0.05, 0) is 54.8 Å². The summed E-state index contributed by atoms with van der Waals surface area (Å²) in [6, 6.07) is 14.6. The monoisotopic (exact) mass is 632 g/mol. The molecule has 1 fully saturated rings. The summed E-state index contributed by atoms with van der Waals surface area (Å²) >= 11 is 0. The van der Waals surface area contributed by atoms with Gasteiger partial charge in [-0.2, -0.15) is 5.26 Å². The lowest BCUT2D eigenvalue weighted by atomic mass is 10.0. The molecule has 0 bridgehead atoms. The Morgan fingerprint density at radius 1 is 0.957 bits per heavy atom. The molecule has 234 valence electrons. The van der Waals surface area contributed by atoms with Crippen LogP contribution in [-0.2, 0) is 24.3 Å². The highest BCUT2D eigenvalue weighted by Gasteiger charge is 2.44. The van der Waals surface area contributed by atoms with Crippen LogP contribution in [0.1, 0.15) is 45.7 Å². The first-order chi connectivity index (χ1) is 22.1. The van der Waals surface area contributed by atoms with Crippen molar-refractivity contribution in [2.24, 2.45) is 5.41 Å². The number of carbonyl (C=O) groups is 1. The number of aromatic nitrogens is 3. The number of rotatable bonds is 10. The molecule has 46 heavy (non-hydrogen) atoms. The first kappa shape index (κ1) is 30.7. The van der Waals surface area contributed by atoms with Crippen LogP contribution < -0.4 is 4.74 Å². The summed E-state index contributed by atoms with van der Waals surface area (Å²) in [5.41, 5.74) is -0.253. The number of nitrogens with zero attached hydrogens (tertiary/aromatic N) is 4. The molecule has 5 aromatic rings. The van der Waals surface area contributed by atoms with Gasteiger partial charge in [0.1, 0.15) is 35.7 Å². The number of halogens is 5. The van der Waals surface area contributed by atoms with Gasteiger partial charge in [-0.3, -0.25) is 4.39 Å². The molecule has 7 nitrogen and oxygen atoms in total. The van der Waals surface area contributed by atoms with E-state index in [0.717, 1.165) is 31.4 Å². The molecule has 0 amide bonds. The number of fused-ring (bicyclic) bond motifs is 1. The Bertz CT molecular complexity index is 2030. The van der Waals surface area contributed by atoms with Crippen molar-refractivity contribution in [2.45, 2.75) is 32.4 Å². The third-order valence-electron chi connectivity index (χ3n) is 8.10. The molecule has 0 unspecified atom stereocenters. The molecule has 0 saturated heterocycles. The van der Waals surface area contributed by atoms with Crippen molar-refractivity contribution in [2.75, 3.05) is 13.8 Å². The summed E-state index contributed by atoms with van der Waals surface area (Å²) in [7, 11) is 1.12. The largest absolute Gasteiger partial charge is 0.473 e. The number of nitriles is 1. The zero-order valence-corrected chi connectivity index (χ0v) is 24.4. The number of carbonyl (C=O) groups excluding carboxylic acids is 1. The lowest BCUT2D eigenvalue weighted by molar-refractivity contribution is 0.0595. The average Bonchev–Trinajstić information content (AvgIpc) is 3.77. The molecule has 3 aromatic carbocycles. The lowest BCUT2D eigenvalue weighted by Gasteiger charge is -2.16. The molecular formula is C34H25F5N4O3. The first-order valence-corrected chi connectivity index (χ1v) is 14.2. The maximum atomic E-state index is 15.6. The van der Waals surface area contributed by atoms with Crippen LogP contribution in [0.25, 0.3) is 22.3 Å². The molecule has 1 aliphatic carbocycles. The van der Waals surface area contributed by atoms with E-state index < -0.39 is 41.3 Å². The summed E-state index contributed by atoms with van der Waals surface area (Å²) < 4.78 is 85.8. The van der Waals surface area contributed by atoms with Gasteiger partial charge in [-0.15, -0.1) is 0 Å². The average molecular weight is 633 g/mol. The van der Waals surface area contributed by atoms with Crippen LogP contribution in [-0.4, -0.2) is 34.3 Å². The van der Waals surface area contributed by atoms with Crippen molar-refractivity contribution in [1.82, 2.24) is 14.5 Å². The normalized spacial score (nSPS) is 13.4. The Morgan fingerprint density at radius 2 is 1.74 bits per heavy atom. The van der Waals surface area contributed by atoms with Crippen molar-refractivity contribution in [3.63, 3.8) is 0 Å². The molecule has 0 radical (unpaired) electrons. The van der Waals surface area contributed by atoms with E-state index in [4.69, 9.17) is 10.00 Å². The number of alkyl halides is 1. The SMILES string of the molecule is COC(=O)c1cc2c(cc1F)nc(Cc1cc(F)c(-c3cccc(OCc4ccc(C#N)cc4F)n3)cc1F)n2CC1(CF)CC1. The van der Waals surface area contributed by atoms with Crippen LogP contribution >= 0.6 is 0 Å². The number of benzene rings is 3. The van der Waals surface area contributed by atoms with E-state index in [2.05, 4.69) is 14.7 Å². The Hall–Kier alpha value is -5.31. The molecule has 2 aromatic heterocycles. The van der Waals surface area contributed by atoms with Gasteiger partial charge < -0.3 is 14.0 Å². The van der Waals surface area contributed by atoms with Gasteiger partial charge in [-0.25, -0.2) is 32.3 Å². The second-order valence-electron chi connectivity index (χ2n) is 11.2. The summed E-state index contributed by atoms with van der Waals surface area (Å²) in [6.45, 7) is -0.653. The highest BCUT2D eigenvalue weighted by Crippen LogP contribution is 2.48. The number of ether oxygens (including phenoxy) is 2. The maximum absolute atomic E-state index is 15.6. The van der Waals surface area contributed by atoms with Crippen LogP contribution in [0.2, 0.25) is 0 Å². The Labute approximate surface area is 259 Å². The predicted octanol–water partition coefficient (Wildman–Crippen LogP) is 7.23. The zero-order chi connectivity index (χ0) is 32.6. The molecule has 0 aliphatic heterocycles. The van der Waals surface area contributed by atoms with Crippen LogP contribution in [0.3, 0.4) is 0 Å². The first-order valence-electron chi connectivity index (χ1n) is 14.2. The van der Waals surface area contributed by atoms with Crippen molar-refractivity contribution in [1.29, 1.82) is 5.26 Å². The van der Waals surface area contributed by atoms with E-state index >= 15 is 8.78 Å². The predicted molar refractivity (Wildman–Crippen MR) is 157 cm³/mol. The van der Waals surface area contributed by atoms with E-state index in [0.29, 0.717) is 18.4 Å². The van der Waals surface area contributed by atoms with E-state index in [1.807, 2.05) is 6.07 Å². The highest BCUT2D eigenvalue weighted by atomic mass is 19.1. The number of hydrogen-bond acceptors (Lipinski definition) is 6. The molecule has 0 atom stereocenters. The number of methoxy groups -OCH3 is 1. The molecule has 1 aliphatic rings. The van der Waals surface area contributed by atoms with E-state index in [9.17, 15) is 18.0 Å². The fraction of sp³-hybridized carbons (Fsp3) is 0.235. The van der Waals surface area contributed by atoms with Crippen LogP contribution in [0.15, 0.2) is 60.7 Å². The Morgan fingerprint density at radius 3 is 2.43 bits per heavy atom. The standard InChI is InChI=1S/C34H25F5N4O3/c1-45-33(44)23-13-30-29(14-27(23)39)41-31(43(30)18-34(17-35)7-8-34)11-21-10-26(38)22(12-25(21)37)28-3-2-4-32(42-28)46-16-20-6-5-19(15-40)9-24(20)36/h2-6,9-10,12-14H,7-8,11,16-18H2,1H3. The third kappa shape index (κ3) is 6.00. The van der Waals surface area contributed by atoms with Gasteiger partial charge in [0.2, 0.25) is 5.88 Å². The van der Waals surface area contributed by atoms with Gasteiger partial charge in [0.05, 0.1) is 47.7 Å². The van der Waals surface area contributed by atoms with Crippen LogP contribution in [0.4, 0.5) is 22.0 Å². The fourth-order valence-electron chi connectivity index (χ4n) is 5.24. The van der Waals surface area contributed by atoms with Crippen molar-refractivity contribution < 1.29 is 36.2 Å². The van der Waals surface area contributed by atoms with E-state index in [-0.39, 0.29) is 70.3 Å². The molecule has 12 heteroatoms. The molecule has 6 rings (SSSR count). The minimum Gasteiger partial charge on any atom is -0.473 e. The second-order valence-corrected chi connectivity index (χ2v) is 11.2. The molecular weight excluding hydrogens is 607 g/mol. The summed E-state index contributed by atoms with van der Waals surface area (Å²) in [4.78, 5) is 20.8. The highest BCUT2D eigenvalue weighted by molar-refractivity contribution is 5.94. The van der Waals surface area contributed by atoms with E-state index in [1.54, 1.807) is 4.57 Å². The van der Waals surface area contributed by atoms with Gasteiger partial charge >= 0.3 is 5.97 Å². The number of esters is 1. The summed E-state index contributed by atoms with van der Waals surface area (Å²) in [5.74, 6) is -3.65. The number of pyridine rings is 1. The van der Waals surface area contributed by atoms with Gasteiger partial charge in [-0.1, -0.05) is 12.1 Å². The van der Waals surface area contributed by atoms with Gasteiger partial charge in [0, 0.05) is 41.6 Å². The quantitative estimate of drug-likeness (QED) is 0.119. The Balaban J connectivity index is 1.29. The van der Waals surface area contributed by atoms with Crippen LogP contribution in [0.5, 0.6) is 5.88 Å². The van der Waals surface area contributed by atoms with Gasteiger partial charge in [0.15, 0.2) is 0 Å². The topological polar surface area (TPSA) is 90.0 Å². The minimum absolute atomic E-state index is 0.0410. The third-order valence-corrected chi connectivity index (χ3v) is 8.10. The van der Waals surface area contributed by atoms with Crippen molar-refractivity contribution >= 4 is 17.0 Å². The Kier molecular flexibility index (Phi) is 8.17. The smallest absolute Gasteiger partial charge is 0.340 e. The molecule has 0 N–H and O–H groups in total. The van der Waals surface area contributed by atoms with Crippen LogP contribution in [0, 0.1) is 40.0 Å². The summed E-state index contributed by atoms with van der Waals surface area (Å²) in [6.07, 6.45) is 1.02. The zero-order valence-electron chi connectivity index (χ0n) is 24.4. The van der Waals surface area contributed by atoms with Crippen molar-refractivity contribution in [3.05, 3.63) is 112 Å². The lowest BCUT2D eigenvalue weighted by Crippen LogP contribution is -2.17. The fourth-order valence-corrected chi connectivity index (χ4v) is 5.24. The minimum atomic E-state index is -0.895. The summed E-state index contributed by atoms with van der Waals surface area (Å²) in [5, 5.41) is 8.91. The number of imidazole rings is 1. The second kappa shape index (κ2) is 12.2. The molecule has 1 saturated carbocycles. The molecule has 2 heterocycles. The van der Waals surface area contributed by atoms with Crippen molar-refractivity contribution in [3.8, 4) is 23.2 Å². The molecule has 0 spiro atoms. The van der Waals surface area contributed by atoms with Gasteiger partial charge in [0.25, 0.3) is 0 Å². The maximum Gasteiger partial charge on any atom is 0.340 e.